The molecule has 1 amide bonds. The van der Waals surface area contributed by atoms with Gasteiger partial charge in [-0.3, -0.25) is 19.1 Å². The number of anilines is 1. The number of hydrogen-bond acceptors (Lipinski definition) is 7. The van der Waals surface area contributed by atoms with Gasteiger partial charge in [0, 0.05) is 34.1 Å². The van der Waals surface area contributed by atoms with Gasteiger partial charge >= 0.3 is 0 Å². The van der Waals surface area contributed by atoms with Crippen LogP contribution in [-0.4, -0.2) is 42.5 Å². The standard InChI is InChI=1S/C27H23Cl2N7O3/c1-4-22(27(38)32-17-6-7-20-21(10-17)30-12-15(2)31-20)35-13-24(39-3)19(11-26(35)37)18-9-16(28)5-8-23(18)36-14-25(29)33-34-36/h5-14,22H,4H2,1-3H3,(H,32,38). The van der Waals surface area contributed by atoms with Crippen molar-refractivity contribution in [2.75, 3.05) is 12.4 Å². The van der Waals surface area contributed by atoms with Crippen LogP contribution in [0.5, 0.6) is 5.75 Å². The molecule has 0 bridgehead atoms. The van der Waals surface area contributed by atoms with Gasteiger partial charge in [0.05, 0.1) is 41.9 Å². The molecule has 39 heavy (non-hydrogen) atoms. The first-order valence-electron chi connectivity index (χ1n) is 12.0. The van der Waals surface area contributed by atoms with Gasteiger partial charge in [-0.1, -0.05) is 35.3 Å². The molecule has 5 aromatic rings. The van der Waals surface area contributed by atoms with Gasteiger partial charge in [-0.15, -0.1) is 5.10 Å². The van der Waals surface area contributed by atoms with Crippen LogP contribution in [-0.2, 0) is 4.79 Å². The Bertz CT molecular complexity index is 1770. The van der Waals surface area contributed by atoms with Crippen LogP contribution >= 0.6 is 23.2 Å². The summed E-state index contributed by atoms with van der Waals surface area (Å²) in [6.45, 7) is 3.69. The fourth-order valence-corrected chi connectivity index (χ4v) is 4.64. The second kappa shape index (κ2) is 10.8. The van der Waals surface area contributed by atoms with Crippen molar-refractivity contribution in [3.8, 4) is 22.6 Å². The average molecular weight is 564 g/mol. The van der Waals surface area contributed by atoms with Gasteiger partial charge in [0.25, 0.3) is 5.56 Å². The molecule has 0 aliphatic heterocycles. The monoisotopic (exact) mass is 563 g/mol. The first kappa shape index (κ1) is 26.3. The summed E-state index contributed by atoms with van der Waals surface area (Å²) in [5.41, 5.74) is 3.99. The normalized spacial score (nSPS) is 11.9. The predicted octanol–water partition coefficient (Wildman–Crippen LogP) is 5.25. The summed E-state index contributed by atoms with van der Waals surface area (Å²) >= 11 is 12.3. The van der Waals surface area contributed by atoms with E-state index in [1.807, 2.05) is 13.8 Å². The highest BCUT2D eigenvalue weighted by Crippen LogP contribution is 2.35. The third-order valence-electron chi connectivity index (χ3n) is 6.18. The maximum absolute atomic E-state index is 13.4. The molecule has 0 saturated carbocycles. The molecule has 198 valence electrons. The van der Waals surface area contributed by atoms with Gasteiger partial charge < -0.3 is 10.1 Å². The van der Waals surface area contributed by atoms with Crippen molar-refractivity contribution < 1.29 is 9.53 Å². The number of pyridine rings is 1. The Labute approximate surface area is 233 Å². The highest BCUT2D eigenvalue weighted by molar-refractivity contribution is 6.31. The number of nitrogens with zero attached hydrogens (tertiary/aromatic N) is 6. The number of hydrogen-bond donors (Lipinski definition) is 1. The van der Waals surface area contributed by atoms with Crippen LogP contribution in [0.4, 0.5) is 5.69 Å². The number of amides is 1. The zero-order valence-electron chi connectivity index (χ0n) is 21.2. The van der Waals surface area contributed by atoms with Gasteiger partial charge in [0.1, 0.15) is 11.8 Å². The topological polar surface area (TPSA) is 117 Å². The predicted molar refractivity (Wildman–Crippen MR) is 150 cm³/mol. The van der Waals surface area contributed by atoms with Crippen molar-refractivity contribution >= 4 is 45.8 Å². The molecule has 0 aliphatic carbocycles. The van der Waals surface area contributed by atoms with Gasteiger partial charge in [-0.05, 0) is 49.7 Å². The van der Waals surface area contributed by atoms with Gasteiger partial charge in [0.15, 0.2) is 5.15 Å². The van der Waals surface area contributed by atoms with Crippen molar-refractivity contribution in [2.45, 2.75) is 26.3 Å². The summed E-state index contributed by atoms with van der Waals surface area (Å²) < 4.78 is 8.50. The summed E-state index contributed by atoms with van der Waals surface area (Å²) in [6.07, 6.45) is 5.09. The second-order valence-corrected chi connectivity index (χ2v) is 9.60. The van der Waals surface area contributed by atoms with E-state index in [0.717, 1.165) is 11.2 Å². The van der Waals surface area contributed by atoms with Crippen LogP contribution in [0, 0.1) is 6.92 Å². The van der Waals surface area contributed by atoms with Crippen LogP contribution in [0.25, 0.3) is 27.8 Å². The molecule has 0 saturated heterocycles. The lowest BCUT2D eigenvalue weighted by Gasteiger charge is -2.21. The molecule has 1 atom stereocenters. The maximum atomic E-state index is 13.4. The molecule has 0 radical (unpaired) electrons. The number of carbonyl (C=O) groups is 1. The molecule has 0 spiro atoms. The first-order valence-corrected chi connectivity index (χ1v) is 12.8. The quantitative estimate of drug-likeness (QED) is 0.287. The van der Waals surface area contributed by atoms with E-state index in [9.17, 15) is 9.59 Å². The molecular weight excluding hydrogens is 541 g/mol. The first-order chi connectivity index (χ1) is 18.8. The van der Waals surface area contributed by atoms with Gasteiger partial charge in [-0.2, -0.15) is 0 Å². The largest absolute Gasteiger partial charge is 0.495 e. The van der Waals surface area contributed by atoms with Crippen molar-refractivity contribution in [1.82, 2.24) is 29.5 Å². The molecule has 1 unspecified atom stereocenters. The minimum absolute atomic E-state index is 0.212. The SMILES string of the molecule is CCC(C(=O)Nc1ccc2nc(C)cnc2c1)n1cc(OC)c(-c2cc(Cl)ccc2-n2cc(Cl)nn2)cc1=O. The fourth-order valence-electron chi connectivity index (χ4n) is 4.35. The van der Waals surface area contributed by atoms with E-state index in [1.54, 1.807) is 48.8 Å². The van der Waals surface area contributed by atoms with E-state index >= 15 is 0 Å². The highest BCUT2D eigenvalue weighted by Gasteiger charge is 2.23. The summed E-state index contributed by atoms with van der Waals surface area (Å²) in [6, 6.07) is 11.0. The molecule has 2 aromatic carbocycles. The third-order valence-corrected chi connectivity index (χ3v) is 6.59. The van der Waals surface area contributed by atoms with E-state index in [-0.39, 0.29) is 11.1 Å². The number of nitrogens with one attached hydrogen (secondary N) is 1. The molecule has 10 nitrogen and oxygen atoms in total. The number of methoxy groups -OCH3 is 1. The summed E-state index contributed by atoms with van der Waals surface area (Å²) in [5.74, 6) is 0.0152. The van der Waals surface area contributed by atoms with E-state index in [2.05, 4.69) is 25.6 Å². The van der Waals surface area contributed by atoms with E-state index in [4.69, 9.17) is 27.9 Å². The maximum Gasteiger partial charge on any atom is 0.252 e. The number of benzene rings is 2. The number of ether oxygens (including phenoxy) is 1. The van der Waals surface area contributed by atoms with E-state index < -0.39 is 11.6 Å². The lowest BCUT2D eigenvalue weighted by atomic mass is 10.0. The summed E-state index contributed by atoms with van der Waals surface area (Å²) in [5, 5.41) is 11.4. The molecule has 0 aliphatic rings. The Morgan fingerprint density at radius 3 is 2.62 bits per heavy atom. The van der Waals surface area contributed by atoms with Crippen molar-refractivity contribution in [2.24, 2.45) is 0 Å². The number of aryl methyl sites for hydroxylation is 1. The number of halogens is 2. The average Bonchev–Trinajstić information content (AvgIpc) is 3.35. The number of fused-ring (bicyclic) bond motifs is 1. The van der Waals surface area contributed by atoms with Crippen molar-refractivity contribution in [3.05, 3.63) is 87.3 Å². The highest BCUT2D eigenvalue weighted by atomic mass is 35.5. The van der Waals surface area contributed by atoms with Crippen LogP contribution in [0.15, 0.2) is 65.8 Å². The van der Waals surface area contributed by atoms with Crippen LogP contribution in [0.2, 0.25) is 10.2 Å². The summed E-state index contributed by atoms with van der Waals surface area (Å²) in [4.78, 5) is 35.5. The molecule has 1 N–H and O–H groups in total. The van der Waals surface area contributed by atoms with E-state index in [0.29, 0.717) is 45.2 Å². The third kappa shape index (κ3) is 5.34. The Balaban J connectivity index is 1.51. The Hall–Kier alpha value is -4.28. The molecule has 5 rings (SSSR count). The van der Waals surface area contributed by atoms with Gasteiger partial charge in [-0.25, -0.2) is 9.67 Å². The summed E-state index contributed by atoms with van der Waals surface area (Å²) in [7, 11) is 1.49. The zero-order chi connectivity index (χ0) is 27.7. The molecule has 12 heteroatoms. The van der Waals surface area contributed by atoms with E-state index in [1.165, 1.54) is 28.6 Å². The van der Waals surface area contributed by atoms with Gasteiger partial charge in [0.2, 0.25) is 5.91 Å². The van der Waals surface area contributed by atoms with Crippen molar-refractivity contribution in [1.29, 1.82) is 0 Å². The number of rotatable bonds is 7. The fraction of sp³-hybridized carbons (Fsp3) is 0.185. The second-order valence-electron chi connectivity index (χ2n) is 8.78. The molecule has 0 fully saturated rings. The Morgan fingerprint density at radius 1 is 1.08 bits per heavy atom. The number of aromatic nitrogens is 6. The van der Waals surface area contributed by atoms with Crippen molar-refractivity contribution in [3.63, 3.8) is 0 Å². The van der Waals surface area contributed by atoms with Crippen LogP contribution in [0.1, 0.15) is 25.1 Å². The Morgan fingerprint density at radius 2 is 1.90 bits per heavy atom. The smallest absolute Gasteiger partial charge is 0.252 e. The lowest BCUT2D eigenvalue weighted by molar-refractivity contribution is -0.119. The number of carbonyl (C=O) groups excluding carboxylic acids is 1. The molecular formula is C27H23Cl2N7O3. The molecule has 3 heterocycles. The molecule has 3 aromatic heterocycles. The Kier molecular flexibility index (Phi) is 7.32. The minimum atomic E-state index is -0.798. The van der Waals surface area contributed by atoms with Crippen LogP contribution in [0.3, 0.4) is 0 Å². The lowest BCUT2D eigenvalue weighted by Crippen LogP contribution is -2.32. The van der Waals surface area contributed by atoms with Crippen LogP contribution < -0.4 is 15.6 Å². The zero-order valence-corrected chi connectivity index (χ0v) is 22.7. The minimum Gasteiger partial charge on any atom is -0.495 e.